The number of carbonyl (C=O) groups is 1. The Morgan fingerprint density at radius 2 is 2.00 bits per heavy atom. The Balaban J connectivity index is 0.00000220. The topological polar surface area (TPSA) is 44.4 Å². The van der Waals surface area contributed by atoms with Crippen molar-refractivity contribution in [2.24, 2.45) is 0 Å². The molecule has 0 radical (unpaired) electrons. The van der Waals surface area contributed by atoms with Crippen molar-refractivity contribution in [1.82, 2.24) is 10.2 Å². The lowest BCUT2D eigenvalue weighted by molar-refractivity contribution is -0.117. The Kier molecular flexibility index (Phi) is 7.77. The second kappa shape index (κ2) is 8.81. The second-order valence-corrected chi connectivity index (χ2v) is 5.86. The van der Waals surface area contributed by atoms with Crippen LogP contribution in [0.3, 0.4) is 0 Å². The molecule has 118 valence electrons. The van der Waals surface area contributed by atoms with Gasteiger partial charge >= 0.3 is 0 Å². The number of rotatable bonds is 4. The number of nitrogens with zero attached hydrogens (tertiary/aromatic N) is 1. The molecule has 4 nitrogen and oxygen atoms in total. The summed E-state index contributed by atoms with van der Waals surface area (Å²) in [7, 11) is 1.98. The second-order valence-electron chi connectivity index (χ2n) is 5.01. The monoisotopic (exact) mass is 351 g/mol. The molecule has 0 spiro atoms. The Bertz CT molecular complexity index is 477. The molecule has 1 heterocycles. The number of anilines is 1. The number of amides is 1. The van der Waals surface area contributed by atoms with Gasteiger partial charge in [0, 0.05) is 24.2 Å². The SMILES string of the molecule is CNC1CCN(CC(=O)Nc2cc(Cl)ccc2Cl)CC1.Cl. The predicted molar refractivity (Wildman–Crippen MR) is 90.9 cm³/mol. The van der Waals surface area contributed by atoms with Gasteiger partial charge < -0.3 is 10.6 Å². The third kappa shape index (κ3) is 5.64. The van der Waals surface area contributed by atoms with E-state index in [4.69, 9.17) is 23.2 Å². The quantitative estimate of drug-likeness (QED) is 0.875. The lowest BCUT2D eigenvalue weighted by atomic mass is 10.1. The van der Waals surface area contributed by atoms with Crippen molar-refractivity contribution < 1.29 is 4.79 Å². The first kappa shape index (κ1) is 18.5. The highest BCUT2D eigenvalue weighted by molar-refractivity contribution is 6.35. The smallest absolute Gasteiger partial charge is 0.238 e. The van der Waals surface area contributed by atoms with Gasteiger partial charge in [0.15, 0.2) is 0 Å². The summed E-state index contributed by atoms with van der Waals surface area (Å²) in [6.07, 6.45) is 2.14. The maximum absolute atomic E-state index is 12.0. The molecule has 0 aromatic heterocycles. The zero-order valence-corrected chi connectivity index (χ0v) is 14.2. The highest BCUT2D eigenvalue weighted by Crippen LogP contribution is 2.25. The van der Waals surface area contributed by atoms with E-state index in [2.05, 4.69) is 15.5 Å². The van der Waals surface area contributed by atoms with Crippen molar-refractivity contribution in [3.05, 3.63) is 28.2 Å². The fourth-order valence-electron chi connectivity index (χ4n) is 2.37. The van der Waals surface area contributed by atoms with Crippen molar-refractivity contribution in [3.63, 3.8) is 0 Å². The molecule has 2 rings (SSSR count). The fraction of sp³-hybridized carbons (Fsp3) is 0.500. The minimum absolute atomic E-state index is 0. The Labute approximate surface area is 141 Å². The maximum atomic E-state index is 12.0. The van der Waals surface area contributed by atoms with Gasteiger partial charge in [-0.2, -0.15) is 0 Å². The van der Waals surface area contributed by atoms with Crippen LogP contribution in [0.5, 0.6) is 0 Å². The first-order chi connectivity index (χ1) is 9.58. The van der Waals surface area contributed by atoms with Crippen LogP contribution in [-0.2, 0) is 4.79 Å². The van der Waals surface area contributed by atoms with Crippen molar-refractivity contribution in [1.29, 1.82) is 0 Å². The molecule has 1 saturated heterocycles. The summed E-state index contributed by atoms with van der Waals surface area (Å²) in [5.74, 6) is -0.0583. The Hall–Kier alpha value is -0.520. The van der Waals surface area contributed by atoms with Gasteiger partial charge in [-0.3, -0.25) is 9.69 Å². The number of benzene rings is 1. The lowest BCUT2D eigenvalue weighted by Crippen LogP contribution is -2.44. The van der Waals surface area contributed by atoms with E-state index >= 15 is 0 Å². The van der Waals surface area contributed by atoms with E-state index in [-0.39, 0.29) is 18.3 Å². The van der Waals surface area contributed by atoms with Crippen LogP contribution in [0.1, 0.15) is 12.8 Å². The number of nitrogens with one attached hydrogen (secondary N) is 2. The number of piperidine rings is 1. The molecule has 0 saturated carbocycles. The average Bonchev–Trinajstić information content (AvgIpc) is 2.43. The zero-order valence-electron chi connectivity index (χ0n) is 11.9. The Morgan fingerprint density at radius 1 is 1.33 bits per heavy atom. The molecule has 0 aliphatic carbocycles. The molecule has 1 aliphatic heterocycles. The molecule has 0 atom stereocenters. The van der Waals surface area contributed by atoms with E-state index < -0.39 is 0 Å². The van der Waals surface area contributed by atoms with E-state index in [1.807, 2.05) is 7.05 Å². The first-order valence-electron chi connectivity index (χ1n) is 6.73. The molecule has 0 bridgehead atoms. The normalized spacial score (nSPS) is 16.3. The minimum Gasteiger partial charge on any atom is -0.324 e. The largest absolute Gasteiger partial charge is 0.324 e. The third-order valence-electron chi connectivity index (χ3n) is 3.57. The van der Waals surface area contributed by atoms with Crippen LogP contribution in [0.15, 0.2) is 18.2 Å². The summed E-state index contributed by atoms with van der Waals surface area (Å²) in [6, 6.07) is 5.60. The maximum Gasteiger partial charge on any atom is 0.238 e. The van der Waals surface area contributed by atoms with Crippen LogP contribution < -0.4 is 10.6 Å². The molecule has 1 aromatic carbocycles. The Morgan fingerprint density at radius 3 is 2.62 bits per heavy atom. The van der Waals surface area contributed by atoms with Crippen molar-refractivity contribution >= 4 is 47.2 Å². The van der Waals surface area contributed by atoms with Crippen molar-refractivity contribution in [3.8, 4) is 0 Å². The molecule has 21 heavy (non-hydrogen) atoms. The van der Waals surface area contributed by atoms with Gasteiger partial charge in [-0.05, 0) is 38.1 Å². The average molecular weight is 353 g/mol. The van der Waals surface area contributed by atoms with Crippen LogP contribution >= 0.6 is 35.6 Å². The van der Waals surface area contributed by atoms with Crippen molar-refractivity contribution in [2.75, 3.05) is 32.0 Å². The van der Waals surface area contributed by atoms with Crippen LogP contribution in [0.2, 0.25) is 10.0 Å². The van der Waals surface area contributed by atoms with Crippen molar-refractivity contribution in [2.45, 2.75) is 18.9 Å². The third-order valence-corrected chi connectivity index (χ3v) is 4.13. The van der Waals surface area contributed by atoms with E-state index in [1.165, 1.54) is 0 Å². The molecule has 1 aromatic rings. The van der Waals surface area contributed by atoms with Crippen LogP contribution in [0.4, 0.5) is 5.69 Å². The summed E-state index contributed by atoms with van der Waals surface area (Å²) in [4.78, 5) is 14.2. The van der Waals surface area contributed by atoms with E-state index in [0.29, 0.717) is 28.3 Å². The van der Waals surface area contributed by atoms with Gasteiger partial charge in [0.05, 0.1) is 17.3 Å². The highest BCUT2D eigenvalue weighted by Gasteiger charge is 2.19. The fourth-order valence-corrected chi connectivity index (χ4v) is 2.70. The number of hydrogen-bond acceptors (Lipinski definition) is 3. The van der Waals surface area contributed by atoms with Gasteiger partial charge in [0.2, 0.25) is 5.91 Å². The summed E-state index contributed by atoms with van der Waals surface area (Å²) in [6.45, 7) is 2.25. The van der Waals surface area contributed by atoms with Gasteiger partial charge in [-0.25, -0.2) is 0 Å². The molecule has 1 aliphatic rings. The van der Waals surface area contributed by atoms with Gasteiger partial charge in [0.25, 0.3) is 0 Å². The van der Waals surface area contributed by atoms with E-state index in [9.17, 15) is 4.79 Å². The van der Waals surface area contributed by atoms with E-state index in [1.54, 1.807) is 18.2 Å². The summed E-state index contributed by atoms with van der Waals surface area (Å²) < 4.78 is 0. The van der Waals surface area contributed by atoms with Crippen LogP contribution in [0, 0.1) is 0 Å². The zero-order chi connectivity index (χ0) is 14.5. The van der Waals surface area contributed by atoms with Gasteiger partial charge in [-0.15, -0.1) is 12.4 Å². The molecule has 0 unspecified atom stereocenters. The minimum atomic E-state index is -0.0583. The standard InChI is InChI=1S/C14H19Cl2N3O.ClH/c1-17-11-4-6-19(7-5-11)9-14(20)18-13-8-10(15)2-3-12(13)16;/h2-3,8,11,17H,4-7,9H2,1H3,(H,18,20);1H. The molecule has 1 amide bonds. The summed E-state index contributed by atoms with van der Waals surface area (Å²) >= 11 is 11.9. The molecular formula is C14H20Cl3N3O. The number of likely N-dealkylation sites (tertiary alicyclic amines) is 1. The number of hydrogen-bond donors (Lipinski definition) is 2. The van der Waals surface area contributed by atoms with Gasteiger partial charge in [0.1, 0.15) is 0 Å². The van der Waals surface area contributed by atoms with E-state index in [0.717, 1.165) is 25.9 Å². The molecule has 7 heteroatoms. The predicted octanol–water partition coefficient (Wildman–Crippen LogP) is 3.04. The number of halogens is 3. The lowest BCUT2D eigenvalue weighted by Gasteiger charge is -2.31. The molecule has 1 fully saturated rings. The first-order valence-corrected chi connectivity index (χ1v) is 7.48. The number of carbonyl (C=O) groups excluding carboxylic acids is 1. The van der Waals surface area contributed by atoms with Gasteiger partial charge in [-0.1, -0.05) is 23.2 Å². The molecular weight excluding hydrogens is 333 g/mol. The molecule has 2 N–H and O–H groups in total. The summed E-state index contributed by atoms with van der Waals surface area (Å²) in [5.41, 5.74) is 0.564. The van der Waals surface area contributed by atoms with Crippen LogP contribution in [0.25, 0.3) is 0 Å². The summed E-state index contributed by atoms with van der Waals surface area (Å²) in [5, 5.41) is 7.13. The highest BCUT2D eigenvalue weighted by atomic mass is 35.5. The van der Waals surface area contributed by atoms with Crippen LogP contribution in [-0.4, -0.2) is 43.5 Å².